The largest absolute Gasteiger partial charge is 0.424 e. The molecule has 32 heavy (non-hydrogen) atoms. The van der Waals surface area contributed by atoms with Gasteiger partial charge in [-0.1, -0.05) is 29.3 Å². The number of nitrogens with zero attached hydrogens (tertiary/aromatic N) is 1. The predicted molar refractivity (Wildman–Crippen MR) is 114 cm³/mol. The van der Waals surface area contributed by atoms with Crippen LogP contribution in [0.15, 0.2) is 42.2 Å². The smallest absolute Gasteiger partial charge is 0.346 e. The molecule has 0 saturated heterocycles. The first kappa shape index (κ1) is 24.1. The van der Waals surface area contributed by atoms with Crippen molar-refractivity contribution in [2.75, 3.05) is 13.4 Å². The van der Waals surface area contributed by atoms with Gasteiger partial charge in [0.15, 0.2) is 6.79 Å². The molecule has 0 aliphatic carbocycles. The van der Waals surface area contributed by atoms with Crippen LogP contribution in [0.2, 0.25) is 10.0 Å². The first-order chi connectivity index (χ1) is 15.1. The van der Waals surface area contributed by atoms with Gasteiger partial charge in [0, 0.05) is 23.3 Å². The third-order valence-electron chi connectivity index (χ3n) is 4.70. The summed E-state index contributed by atoms with van der Waals surface area (Å²) in [4.78, 5) is 31.5. The molecule has 0 saturated carbocycles. The number of rotatable bonds is 7. The standard InChI is InChI=1S/C22H19Cl2F2NO5/c1-4-30-11-31-27-20(28)18(14-7-5-12(23)9-16(14)24)19(22(27,2)3)32-21(29)15-8-6-13(25)10-17(15)26/h5-10H,4,11H2,1-3H3. The number of ether oxygens (including phenoxy) is 2. The van der Waals surface area contributed by atoms with Crippen LogP contribution in [0.5, 0.6) is 0 Å². The summed E-state index contributed by atoms with van der Waals surface area (Å²) in [5.74, 6) is -3.85. The van der Waals surface area contributed by atoms with Gasteiger partial charge in [0.05, 0.1) is 16.2 Å². The molecular formula is C22H19Cl2F2NO5. The molecule has 0 radical (unpaired) electrons. The van der Waals surface area contributed by atoms with Crippen molar-refractivity contribution in [1.29, 1.82) is 0 Å². The van der Waals surface area contributed by atoms with Gasteiger partial charge in [0.25, 0.3) is 5.91 Å². The Kier molecular flexibility index (Phi) is 7.19. The third kappa shape index (κ3) is 4.63. The molecule has 1 aliphatic heterocycles. The van der Waals surface area contributed by atoms with Crippen LogP contribution in [0.3, 0.4) is 0 Å². The fraction of sp³-hybridized carbons (Fsp3) is 0.273. The van der Waals surface area contributed by atoms with Crippen molar-refractivity contribution in [3.8, 4) is 0 Å². The van der Waals surface area contributed by atoms with Gasteiger partial charge >= 0.3 is 5.97 Å². The monoisotopic (exact) mass is 485 g/mol. The van der Waals surface area contributed by atoms with Crippen molar-refractivity contribution in [1.82, 2.24) is 5.06 Å². The number of carbonyl (C=O) groups is 2. The zero-order valence-electron chi connectivity index (χ0n) is 17.4. The van der Waals surface area contributed by atoms with E-state index in [0.717, 1.165) is 17.2 Å². The molecule has 0 aromatic heterocycles. The van der Waals surface area contributed by atoms with E-state index >= 15 is 0 Å². The number of esters is 1. The Hall–Kier alpha value is -2.52. The number of amides is 1. The molecule has 0 atom stereocenters. The van der Waals surface area contributed by atoms with Crippen LogP contribution in [0, 0.1) is 11.6 Å². The summed E-state index contributed by atoms with van der Waals surface area (Å²) in [7, 11) is 0. The van der Waals surface area contributed by atoms with E-state index < -0.39 is 34.6 Å². The molecule has 1 amide bonds. The Morgan fingerprint density at radius 3 is 2.47 bits per heavy atom. The molecule has 6 nitrogen and oxygen atoms in total. The Labute approximate surface area is 193 Å². The summed E-state index contributed by atoms with van der Waals surface area (Å²) in [5.41, 5.74) is -1.64. The van der Waals surface area contributed by atoms with Crippen molar-refractivity contribution in [3.05, 3.63) is 75.0 Å². The summed E-state index contributed by atoms with van der Waals surface area (Å²) in [6.45, 7) is 5.00. The van der Waals surface area contributed by atoms with Crippen molar-refractivity contribution < 1.29 is 32.7 Å². The van der Waals surface area contributed by atoms with Crippen molar-refractivity contribution in [3.63, 3.8) is 0 Å². The molecule has 1 aliphatic rings. The maximum Gasteiger partial charge on any atom is 0.346 e. The van der Waals surface area contributed by atoms with Crippen LogP contribution in [-0.2, 0) is 19.1 Å². The summed E-state index contributed by atoms with van der Waals surface area (Å²) in [5, 5.41) is 1.46. The Morgan fingerprint density at radius 1 is 1.12 bits per heavy atom. The topological polar surface area (TPSA) is 65.1 Å². The second-order valence-corrected chi connectivity index (χ2v) is 8.08. The summed E-state index contributed by atoms with van der Waals surface area (Å²) in [6, 6.07) is 6.87. The molecule has 0 fully saturated rings. The van der Waals surface area contributed by atoms with Gasteiger partial charge in [-0.2, -0.15) is 0 Å². The zero-order chi connectivity index (χ0) is 23.6. The quantitative estimate of drug-likeness (QED) is 0.299. The van der Waals surface area contributed by atoms with E-state index in [-0.39, 0.29) is 28.7 Å². The van der Waals surface area contributed by atoms with Gasteiger partial charge in [-0.3, -0.25) is 4.79 Å². The van der Waals surface area contributed by atoms with Gasteiger partial charge < -0.3 is 9.47 Å². The molecule has 3 rings (SSSR count). The van der Waals surface area contributed by atoms with Gasteiger partial charge in [-0.25, -0.2) is 23.5 Å². The van der Waals surface area contributed by atoms with Crippen LogP contribution >= 0.6 is 23.2 Å². The van der Waals surface area contributed by atoms with Crippen molar-refractivity contribution >= 4 is 40.7 Å². The number of carbonyl (C=O) groups excluding carboxylic acids is 2. The molecule has 2 aromatic rings. The van der Waals surface area contributed by atoms with E-state index in [9.17, 15) is 18.4 Å². The molecule has 1 heterocycles. The Bertz CT molecular complexity index is 1100. The van der Waals surface area contributed by atoms with E-state index in [1.165, 1.54) is 18.2 Å². The second kappa shape index (κ2) is 9.54. The minimum atomic E-state index is -1.31. The average molecular weight is 486 g/mol. The number of hydrogen-bond donors (Lipinski definition) is 0. The molecule has 0 spiro atoms. The van der Waals surface area contributed by atoms with Crippen LogP contribution in [0.4, 0.5) is 8.78 Å². The highest BCUT2D eigenvalue weighted by Gasteiger charge is 2.50. The molecule has 2 aromatic carbocycles. The number of benzene rings is 2. The summed E-state index contributed by atoms with van der Waals surface area (Å²) < 4.78 is 38.0. The maximum absolute atomic E-state index is 14.1. The number of hydroxylamine groups is 2. The fourth-order valence-electron chi connectivity index (χ4n) is 3.15. The van der Waals surface area contributed by atoms with Crippen LogP contribution in [0.1, 0.15) is 36.7 Å². The highest BCUT2D eigenvalue weighted by atomic mass is 35.5. The number of halogens is 4. The third-order valence-corrected chi connectivity index (χ3v) is 5.25. The first-order valence-electron chi connectivity index (χ1n) is 9.50. The van der Waals surface area contributed by atoms with Gasteiger partial charge in [-0.05, 0) is 45.0 Å². The second-order valence-electron chi connectivity index (χ2n) is 7.24. The maximum atomic E-state index is 14.1. The normalized spacial score (nSPS) is 15.5. The van der Waals surface area contributed by atoms with Crippen molar-refractivity contribution in [2.24, 2.45) is 0 Å². The minimum absolute atomic E-state index is 0.0657. The first-order valence-corrected chi connectivity index (χ1v) is 10.3. The highest BCUT2D eigenvalue weighted by Crippen LogP contribution is 2.43. The van der Waals surface area contributed by atoms with E-state index in [0.29, 0.717) is 17.7 Å². The molecular weight excluding hydrogens is 467 g/mol. The van der Waals surface area contributed by atoms with Crippen LogP contribution < -0.4 is 0 Å². The van der Waals surface area contributed by atoms with Gasteiger partial charge in [-0.15, -0.1) is 0 Å². The lowest BCUT2D eigenvalue weighted by Gasteiger charge is -2.31. The van der Waals surface area contributed by atoms with E-state index in [1.54, 1.807) is 20.8 Å². The molecule has 0 unspecified atom stereocenters. The molecule has 10 heteroatoms. The lowest BCUT2D eigenvalue weighted by molar-refractivity contribution is -0.242. The Morgan fingerprint density at radius 2 is 1.84 bits per heavy atom. The van der Waals surface area contributed by atoms with Crippen LogP contribution in [0.25, 0.3) is 5.57 Å². The lowest BCUT2D eigenvalue weighted by Crippen LogP contribution is -2.44. The van der Waals surface area contributed by atoms with Gasteiger partial charge in [0.2, 0.25) is 0 Å². The zero-order valence-corrected chi connectivity index (χ0v) is 18.9. The average Bonchev–Trinajstić information content (AvgIpc) is 2.88. The highest BCUT2D eigenvalue weighted by molar-refractivity contribution is 6.37. The Balaban J connectivity index is 2.09. The lowest BCUT2D eigenvalue weighted by atomic mass is 9.99. The minimum Gasteiger partial charge on any atom is -0.424 e. The van der Waals surface area contributed by atoms with E-state index in [4.69, 9.17) is 37.5 Å². The molecule has 0 bridgehead atoms. The van der Waals surface area contributed by atoms with Crippen molar-refractivity contribution in [2.45, 2.75) is 26.3 Å². The van der Waals surface area contributed by atoms with Gasteiger partial charge in [0.1, 0.15) is 22.9 Å². The fourth-order valence-corrected chi connectivity index (χ4v) is 3.66. The van der Waals surface area contributed by atoms with E-state index in [2.05, 4.69) is 0 Å². The number of hydrogen-bond acceptors (Lipinski definition) is 5. The summed E-state index contributed by atoms with van der Waals surface area (Å²) >= 11 is 12.3. The van der Waals surface area contributed by atoms with E-state index in [1.807, 2.05) is 0 Å². The molecule has 0 N–H and O–H groups in total. The summed E-state index contributed by atoms with van der Waals surface area (Å²) in [6.07, 6.45) is 0. The van der Waals surface area contributed by atoms with Crippen LogP contribution in [-0.4, -0.2) is 35.9 Å². The predicted octanol–water partition coefficient (Wildman–Crippen LogP) is 5.39. The SMILES string of the molecule is CCOCON1C(=O)C(c2ccc(Cl)cc2Cl)=C(OC(=O)c2ccc(F)cc2F)C1(C)C. The molecule has 170 valence electrons.